The van der Waals surface area contributed by atoms with Gasteiger partial charge in [0.25, 0.3) is 0 Å². The fourth-order valence-corrected chi connectivity index (χ4v) is 2.13. The lowest BCUT2D eigenvalue weighted by Gasteiger charge is -2.07. The Kier molecular flexibility index (Phi) is 3.81. The largest absolute Gasteiger partial charge is 0.478 e. The minimum atomic E-state index is -1.02. The molecule has 2 nitrogen and oxygen atoms in total. The normalized spacial score (nSPS) is 10.4. The summed E-state index contributed by atoms with van der Waals surface area (Å²) in [4.78, 5) is 10.8. The SMILES string of the molecule is O=C(O)c1ccc(-c2ccc(Cl)c(Cl)c2)c(Cl)c1. The van der Waals surface area contributed by atoms with Gasteiger partial charge in [-0.1, -0.05) is 46.9 Å². The highest BCUT2D eigenvalue weighted by Gasteiger charge is 2.09. The van der Waals surface area contributed by atoms with Crippen LogP contribution in [0.15, 0.2) is 36.4 Å². The Hall–Kier alpha value is -1.22. The van der Waals surface area contributed by atoms with E-state index in [2.05, 4.69) is 0 Å². The van der Waals surface area contributed by atoms with E-state index in [9.17, 15) is 4.79 Å². The topological polar surface area (TPSA) is 37.3 Å². The third kappa shape index (κ3) is 2.61. The highest BCUT2D eigenvalue weighted by molar-refractivity contribution is 6.42. The Morgan fingerprint density at radius 3 is 2.17 bits per heavy atom. The second-order valence-corrected chi connectivity index (χ2v) is 4.85. The van der Waals surface area contributed by atoms with Crippen LogP contribution in [0.2, 0.25) is 15.1 Å². The highest BCUT2D eigenvalue weighted by atomic mass is 35.5. The van der Waals surface area contributed by atoms with Gasteiger partial charge in [-0.15, -0.1) is 0 Å². The van der Waals surface area contributed by atoms with Gasteiger partial charge in [0.05, 0.1) is 15.6 Å². The molecule has 0 aliphatic rings. The van der Waals surface area contributed by atoms with E-state index in [-0.39, 0.29) is 5.56 Å². The van der Waals surface area contributed by atoms with Crippen molar-refractivity contribution in [3.05, 3.63) is 57.0 Å². The standard InChI is InChI=1S/C13H7Cl3O2/c14-10-4-2-7(5-12(10)16)9-3-1-8(13(17)18)6-11(9)15/h1-6H,(H,17,18). The van der Waals surface area contributed by atoms with E-state index < -0.39 is 5.97 Å². The average Bonchev–Trinajstić information content (AvgIpc) is 2.32. The van der Waals surface area contributed by atoms with Crippen molar-refractivity contribution < 1.29 is 9.90 Å². The Balaban J connectivity index is 2.51. The number of carboxylic acid groups (broad SMARTS) is 1. The van der Waals surface area contributed by atoms with Gasteiger partial charge in [0, 0.05) is 10.6 Å². The van der Waals surface area contributed by atoms with Crippen LogP contribution in [0.3, 0.4) is 0 Å². The van der Waals surface area contributed by atoms with E-state index in [1.807, 2.05) is 0 Å². The number of halogens is 3. The molecule has 0 fully saturated rings. The van der Waals surface area contributed by atoms with Crippen molar-refractivity contribution >= 4 is 40.8 Å². The molecule has 0 aliphatic carbocycles. The van der Waals surface area contributed by atoms with E-state index in [1.54, 1.807) is 24.3 Å². The summed E-state index contributed by atoms with van der Waals surface area (Å²) in [5.41, 5.74) is 1.63. The Morgan fingerprint density at radius 1 is 0.889 bits per heavy atom. The lowest BCUT2D eigenvalue weighted by atomic mass is 10.0. The van der Waals surface area contributed by atoms with Gasteiger partial charge in [-0.05, 0) is 29.8 Å². The van der Waals surface area contributed by atoms with Crippen LogP contribution in [0.25, 0.3) is 11.1 Å². The molecule has 0 saturated heterocycles. The zero-order valence-electron chi connectivity index (χ0n) is 8.95. The zero-order valence-corrected chi connectivity index (χ0v) is 11.2. The van der Waals surface area contributed by atoms with E-state index in [0.717, 1.165) is 5.56 Å². The third-order valence-corrected chi connectivity index (χ3v) is 3.50. The third-order valence-electron chi connectivity index (χ3n) is 2.45. The van der Waals surface area contributed by atoms with Crippen molar-refractivity contribution in [2.24, 2.45) is 0 Å². The number of carbonyl (C=O) groups is 1. The van der Waals surface area contributed by atoms with Gasteiger partial charge in [-0.3, -0.25) is 0 Å². The van der Waals surface area contributed by atoms with E-state index in [4.69, 9.17) is 39.9 Å². The number of aromatic carboxylic acids is 1. The zero-order chi connectivity index (χ0) is 13.3. The summed E-state index contributed by atoms with van der Waals surface area (Å²) >= 11 is 17.8. The molecule has 18 heavy (non-hydrogen) atoms. The Bertz CT molecular complexity index is 624. The first-order valence-electron chi connectivity index (χ1n) is 4.97. The van der Waals surface area contributed by atoms with Crippen molar-refractivity contribution in [2.75, 3.05) is 0 Å². The van der Waals surface area contributed by atoms with Crippen LogP contribution in [0.1, 0.15) is 10.4 Å². The molecule has 2 rings (SSSR count). The van der Waals surface area contributed by atoms with Gasteiger partial charge in [0.15, 0.2) is 0 Å². The summed E-state index contributed by atoms with van der Waals surface area (Å²) in [6, 6.07) is 9.67. The van der Waals surface area contributed by atoms with Gasteiger partial charge in [-0.25, -0.2) is 4.79 Å². The Labute approximate surface area is 119 Å². The van der Waals surface area contributed by atoms with Crippen LogP contribution in [-0.4, -0.2) is 11.1 Å². The van der Waals surface area contributed by atoms with Crippen LogP contribution < -0.4 is 0 Å². The molecule has 92 valence electrons. The number of hydrogen-bond acceptors (Lipinski definition) is 1. The maximum Gasteiger partial charge on any atom is 0.335 e. The van der Waals surface area contributed by atoms with E-state index in [0.29, 0.717) is 20.6 Å². The highest BCUT2D eigenvalue weighted by Crippen LogP contribution is 2.33. The number of hydrogen-bond donors (Lipinski definition) is 1. The van der Waals surface area contributed by atoms with Crippen molar-refractivity contribution in [1.29, 1.82) is 0 Å². The molecule has 2 aromatic carbocycles. The van der Waals surface area contributed by atoms with E-state index >= 15 is 0 Å². The van der Waals surface area contributed by atoms with Crippen LogP contribution >= 0.6 is 34.8 Å². The average molecular weight is 302 g/mol. The van der Waals surface area contributed by atoms with E-state index in [1.165, 1.54) is 12.1 Å². The fraction of sp³-hybridized carbons (Fsp3) is 0. The first-order chi connectivity index (χ1) is 8.49. The number of rotatable bonds is 2. The van der Waals surface area contributed by atoms with Crippen molar-refractivity contribution in [2.45, 2.75) is 0 Å². The van der Waals surface area contributed by atoms with Crippen molar-refractivity contribution in [3.63, 3.8) is 0 Å². The predicted molar refractivity (Wildman–Crippen MR) is 73.9 cm³/mol. The predicted octanol–water partition coefficient (Wildman–Crippen LogP) is 5.01. The number of carboxylic acids is 1. The summed E-state index contributed by atoms with van der Waals surface area (Å²) in [7, 11) is 0. The first-order valence-corrected chi connectivity index (χ1v) is 6.10. The molecule has 0 amide bonds. The molecule has 0 unspecified atom stereocenters. The molecule has 0 radical (unpaired) electrons. The lowest BCUT2D eigenvalue weighted by Crippen LogP contribution is -1.95. The molecule has 0 spiro atoms. The molecule has 0 atom stereocenters. The van der Waals surface area contributed by atoms with Crippen LogP contribution in [-0.2, 0) is 0 Å². The second-order valence-electron chi connectivity index (χ2n) is 3.63. The summed E-state index contributed by atoms with van der Waals surface area (Å²) < 4.78 is 0. The molecular weight excluding hydrogens is 294 g/mol. The summed E-state index contributed by atoms with van der Waals surface area (Å²) in [5.74, 6) is -1.02. The maximum atomic E-state index is 10.8. The van der Waals surface area contributed by atoms with Crippen LogP contribution in [0.5, 0.6) is 0 Å². The molecule has 0 bridgehead atoms. The summed E-state index contributed by atoms with van der Waals surface area (Å²) in [6.45, 7) is 0. The lowest BCUT2D eigenvalue weighted by molar-refractivity contribution is 0.0697. The molecule has 2 aromatic rings. The summed E-state index contributed by atoms with van der Waals surface area (Å²) in [6.07, 6.45) is 0. The van der Waals surface area contributed by atoms with Crippen molar-refractivity contribution in [3.8, 4) is 11.1 Å². The second kappa shape index (κ2) is 5.19. The quantitative estimate of drug-likeness (QED) is 0.846. The smallest absolute Gasteiger partial charge is 0.335 e. The minimum absolute atomic E-state index is 0.142. The Morgan fingerprint density at radius 2 is 1.61 bits per heavy atom. The maximum absolute atomic E-state index is 10.8. The van der Waals surface area contributed by atoms with Gasteiger partial charge in [0.1, 0.15) is 0 Å². The molecule has 0 aliphatic heterocycles. The molecule has 0 aromatic heterocycles. The van der Waals surface area contributed by atoms with Gasteiger partial charge in [-0.2, -0.15) is 0 Å². The van der Waals surface area contributed by atoms with Gasteiger partial charge >= 0.3 is 5.97 Å². The van der Waals surface area contributed by atoms with Gasteiger partial charge in [0.2, 0.25) is 0 Å². The molecule has 0 heterocycles. The monoisotopic (exact) mass is 300 g/mol. The van der Waals surface area contributed by atoms with Gasteiger partial charge < -0.3 is 5.11 Å². The van der Waals surface area contributed by atoms with Crippen LogP contribution in [0, 0.1) is 0 Å². The molecule has 5 heteroatoms. The summed E-state index contributed by atoms with van der Waals surface area (Å²) in [5, 5.41) is 10.1. The fourth-order valence-electron chi connectivity index (χ4n) is 1.55. The number of benzene rings is 2. The first kappa shape index (κ1) is 13.2. The minimum Gasteiger partial charge on any atom is -0.478 e. The molecule has 0 saturated carbocycles. The molecular formula is C13H7Cl3O2. The molecule has 1 N–H and O–H groups in total. The van der Waals surface area contributed by atoms with Crippen molar-refractivity contribution in [1.82, 2.24) is 0 Å². The van der Waals surface area contributed by atoms with Crippen LogP contribution in [0.4, 0.5) is 0 Å².